The fourth-order valence-electron chi connectivity index (χ4n) is 2.01. The SMILES string of the molecule is CNC1C(=O)Nc2cc(OCC(C)(C)N(C)C)ccc21. The van der Waals surface area contributed by atoms with Crippen molar-refractivity contribution in [3.8, 4) is 5.75 Å². The van der Waals surface area contributed by atoms with Crippen molar-refractivity contribution in [3.63, 3.8) is 0 Å². The van der Waals surface area contributed by atoms with Crippen LogP contribution in [0.15, 0.2) is 18.2 Å². The van der Waals surface area contributed by atoms with Crippen molar-refractivity contribution < 1.29 is 9.53 Å². The molecule has 0 radical (unpaired) electrons. The van der Waals surface area contributed by atoms with E-state index < -0.39 is 0 Å². The molecule has 0 aromatic heterocycles. The summed E-state index contributed by atoms with van der Waals surface area (Å²) < 4.78 is 5.85. The Labute approximate surface area is 120 Å². The van der Waals surface area contributed by atoms with Crippen LogP contribution in [0.25, 0.3) is 0 Å². The number of hydrogen-bond acceptors (Lipinski definition) is 4. The molecule has 2 rings (SSSR count). The summed E-state index contributed by atoms with van der Waals surface area (Å²) in [5.74, 6) is 0.754. The van der Waals surface area contributed by atoms with E-state index in [-0.39, 0.29) is 17.5 Å². The second kappa shape index (κ2) is 5.42. The van der Waals surface area contributed by atoms with Crippen molar-refractivity contribution in [2.24, 2.45) is 0 Å². The van der Waals surface area contributed by atoms with Crippen LogP contribution in [0.4, 0.5) is 5.69 Å². The van der Waals surface area contributed by atoms with E-state index in [1.54, 1.807) is 7.05 Å². The molecule has 1 aliphatic rings. The van der Waals surface area contributed by atoms with Gasteiger partial charge >= 0.3 is 0 Å². The van der Waals surface area contributed by atoms with Crippen LogP contribution in [0.2, 0.25) is 0 Å². The van der Waals surface area contributed by atoms with Gasteiger partial charge in [-0.15, -0.1) is 0 Å². The largest absolute Gasteiger partial charge is 0.492 e. The van der Waals surface area contributed by atoms with Gasteiger partial charge in [-0.05, 0) is 41.1 Å². The minimum atomic E-state index is -0.266. The molecule has 1 aliphatic heterocycles. The van der Waals surface area contributed by atoms with Crippen molar-refractivity contribution >= 4 is 11.6 Å². The Morgan fingerprint density at radius 2 is 2.10 bits per heavy atom. The minimum absolute atomic E-state index is 0.0201. The highest BCUT2D eigenvalue weighted by molar-refractivity contribution is 6.02. The maximum Gasteiger partial charge on any atom is 0.246 e. The zero-order chi connectivity index (χ0) is 14.9. The van der Waals surface area contributed by atoms with Crippen LogP contribution in [0.3, 0.4) is 0 Å². The number of likely N-dealkylation sites (N-methyl/N-ethyl adjacent to an activating group) is 2. The van der Waals surface area contributed by atoms with Gasteiger partial charge in [0.1, 0.15) is 18.4 Å². The lowest BCUT2D eigenvalue weighted by Crippen LogP contribution is -2.43. The minimum Gasteiger partial charge on any atom is -0.492 e. The van der Waals surface area contributed by atoms with Gasteiger partial charge in [-0.1, -0.05) is 6.07 Å². The van der Waals surface area contributed by atoms with Gasteiger partial charge in [-0.2, -0.15) is 0 Å². The number of carbonyl (C=O) groups is 1. The Morgan fingerprint density at radius 1 is 1.40 bits per heavy atom. The van der Waals surface area contributed by atoms with Crippen LogP contribution in [0.1, 0.15) is 25.5 Å². The number of carbonyl (C=O) groups excluding carboxylic acids is 1. The molecule has 0 saturated heterocycles. The number of fused-ring (bicyclic) bond motifs is 1. The molecule has 2 N–H and O–H groups in total. The molecular weight excluding hydrogens is 254 g/mol. The van der Waals surface area contributed by atoms with Gasteiger partial charge in [0.2, 0.25) is 5.91 Å². The number of hydrogen-bond donors (Lipinski definition) is 2. The first-order valence-corrected chi connectivity index (χ1v) is 6.77. The number of nitrogens with one attached hydrogen (secondary N) is 2. The van der Waals surface area contributed by atoms with E-state index in [1.807, 2.05) is 32.3 Å². The van der Waals surface area contributed by atoms with E-state index in [2.05, 4.69) is 29.4 Å². The highest BCUT2D eigenvalue weighted by Crippen LogP contribution is 2.33. The van der Waals surface area contributed by atoms with Gasteiger partial charge < -0.3 is 20.3 Å². The van der Waals surface area contributed by atoms with Crippen LogP contribution in [-0.2, 0) is 4.79 Å². The van der Waals surface area contributed by atoms with Gasteiger partial charge in [0, 0.05) is 22.9 Å². The standard InChI is InChI=1S/C15H23N3O2/c1-15(2,18(4)5)9-20-10-6-7-11-12(8-10)17-14(19)13(11)16-3/h6-8,13,16H,9H2,1-5H3,(H,17,19). The normalized spacial score (nSPS) is 18.1. The molecule has 5 nitrogen and oxygen atoms in total. The van der Waals surface area contributed by atoms with Crippen LogP contribution in [0.5, 0.6) is 5.75 Å². The highest BCUT2D eigenvalue weighted by Gasteiger charge is 2.29. The molecule has 1 heterocycles. The second-order valence-corrected chi connectivity index (χ2v) is 5.96. The lowest BCUT2D eigenvalue weighted by molar-refractivity contribution is -0.117. The molecular formula is C15H23N3O2. The Morgan fingerprint density at radius 3 is 2.70 bits per heavy atom. The molecule has 1 unspecified atom stereocenters. The van der Waals surface area contributed by atoms with E-state index in [0.717, 1.165) is 17.0 Å². The number of ether oxygens (including phenoxy) is 1. The maximum atomic E-state index is 11.8. The maximum absolute atomic E-state index is 11.8. The Bertz CT molecular complexity index is 512. The third-order valence-electron chi connectivity index (χ3n) is 3.95. The average molecular weight is 277 g/mol. The van der Waals surface area contributed by atoms with Gasteiger partial charge in [0.05, 0.1) is 0 Å². The molecule has 0 spiro atoms. The Kier molecular flexibility index (Phi) is 4.01. The zero-order valence-corrected chi connectivity index (χ0v) is 12.8. The molecule has 0 saturated carbocycles. The topological polar surface area (TPSA) is 53.6 Å². The van der Waals surface area contributed by atoms with Crippen LogP contribution in [-0.4, -0.2) is 44.1 Å². The average Bonchev–Trinajstić information content (AvgIpc) is 2.70. The number of benzene rings is 1. The van der Waals surface area contributed by atoms with Crippen molar-refractivity contribution in [3.05, 3.63) is 23.8 Å². The van der Waals surface area contributed by atoms with E-state index in [4.69, 9.17) is 4.74 Å². The molecule has 110 valence electrons. The fraction of sp³-hybridized carbons (Fsp3) is 0.533. The quantitative estimate of drug-likeness (QED) is 0.859. The molecule has 1 amide bonds. The summed E-state index contributed by atoms with van der Waals surface area (Å²) >= 11 is 0. The number of nitrogens with zero attached hydrogens (tertiary/aromatic N) is 1. The van der Waals surface area contributed by atoms with Crippen molar-refractivity contribution in [2.75, 3.05) is 33.1 Å². The van der Waals surface area contributed by atoms with Crippen LogP contribution in [0, 0.1) is 0 Å². The Balaban J connectivity index is 2.10. The summed E-state index contributed by atoms with van der Waals surface area (Å²) in [6.45, 7) is 4.83. The van der Waals surface area contributed by atoms with E-state index in [1.165, 1.54) is 0 Å². The van der Waals surface area contributed by atoms with Crippen molar-refractivity contribution in [1.29, 1.82) is 0 Å². The number of amides is 1. The second-order valence-electron chi connectivity index (χ2n) is 5.96. The molecule has 0 bridgehead atoms. The summed E-state index contributed by atoms with van der Waals surface area (Å²) in [4.78, 5) is 13.9. The Hall–Kier alpha value is -1.59. The van der Waals surface area contributed by atoms with E-state index in [9.17, 15) is 4.79 Å². The first-order chi connectivity index (χ1) is 9.35. The molecule has 1 aromatic carbocycles. The third kappa shape index (κ3) is 2.78. The predicted octanol–water partition coefficient (Wildman–Crippen LogP) is 1.62. The molecule has 0 fully saturated rings. The summed E-state index contributed by atoms with van der Waals surface area (Å²) in [5.41, 5.74) is 1.75. The van der Waals surface area contributed by atoms with Gasteiger partial charge in [0.15, 0.2) is 0 Å². The number of anilines is 1. The van der Waals surface area contributed by atoms with Crippen molar-refractivity contribution in [2.45, 2.75) is 25.4 Å². The molecule has 1 atom stereocenters. The fourth-order valence-corrected chi connectivity index (χ4v) is 2.01. The monoisotopic (exact) mass is 277 g/mol. The van der Waals surface area contributed by atoms with E-state index in [0.29, 0.717) is 6.61 Å². The van der Waals surface area contributed by atoms with Gasteiger partial charge in [-0.25, -0.2) is 0 Å². The predicted molar refractivity (Wildman–Crippen MR) is 80.1 cm³/mol. The first-order valence-electron chi connectivity index (χ1n) is 6.77. The third-order valence-corrected chi connectivity index (χ3v) is 3.95. The summed E-state index contributed by atoms with van der Waals surface area (Å²) in [5, 5.41) is 5.87. The van der Waals surface area contributed by atoms with Crippen LogP contribution < -0.4 is 15.4 Å². The zero-order valence-electron chi connectivity index (χ0n) is 12.8. The smallest absolute Gasteiger partial charge is 0.246 e. The summed E-state index contributed by atoms with van der Waals surface area (Å²) in [7, 11) is 5.84. The van der Waals surface area contributed by atoms with Crippen LogP contribution >= 0.6 is 0 Å². The molecule has 0 aliphatic carbocycles. The lowest BCUT2D eigenvalue weighted by Gasteiger charge is -2.32. The van der Waals surface area contributed by atoms with Crippen molar-refractivity contribution in [1.82, 2.24) is 10.2 Å². The number of rotatable bonds is 5. The van der Waals surface area contributed by atoms with Gasteiger partial charge in [-0.3, -0.25) is 4.79 Å². The van der Waals surface area contributed by atoms with Gasteiger partial charge in [0.25, 0.3) is 0 Å². The lowest BCUT2D eigenvalue weighted by atomic mass is 10.1. The molecule has 5 heteroatoms. The summed E-state index contributed by atoms with van der Waals surface area (Å²) in [6, 6.07) is 5.47. The molecule has 1 aromatic rings. The van der Waals surface area contributed by atoms with E-state index >= 15 is 0 Å². The molecule has 20 heavy (non-hydrogen) atoms. The highest BCUT2D eigenvalue weighted by atomic mass is 16.5. The summed E-state index contributed by atoms with van der Waals surface area (Å²) in [6.07, 6.45) is 0. The first kappa shape index (κ1) is 14.8.